The van der Waals surface area contributed by atoms with Gasteiger partial charge in [-0.25, -0.2) is 0 Å². The van der Waals surface area contributed by atoms with Crippen LogP contribution in [0.3, 0.4) is 0 Å². The van der Waals surface area contributed by atoms with Crippen LogP contribution >= 0.6 is 0 Å². The number of anilines is 2. The Morgan fingerprint density at radius 2 is 0.944 bits per heavy atom. The highest BCUT2D eigenvalue weighted by Gasteiger charge is 2.50. The second-order valence-electron chi connectivity index (χ2n) is 11.6. The number of allylic oxidation sites excluding steroid dienone is 6. The van der Waals surface area contributed by atoms with Crippen LogP contribution in [0, 0.1) is 28.6 Å². The van der Waals surface area contributed by atoms with Crippen LogP contribution in [0.5, 0.6) is 0 Å². The molecule has 4 rings (SSSR count). The SMILES string of the molecule is CC1=CC(C)(C(C)C2(C)C=C(C)C(Nc3ccccc3)=C(C)C2C)C(C)C(C)=C1Nc1ccccc1. The van der Waals surface area contributed by atoms with E-state index in [-0.39, 0.29) is 10.8 Å². The zero-order valence-electron chi connectivity index (χ0n) is 23.7. The van der Waals surface area contributed by atoms with Crippen LogP contribution in [0.25, 0.3) is 0 Å². The zero-order chi connectivity index (χ0) is 26.3. The number of hydrogen-bond acceptors (Lipinski definition) is 2. The fourth-order valence-corrected chi connectivity index (χ4v) is 6.71. The molecule has 2 N–H and O–H groups in total. The molecule has 2 aromatic rings. The lowest BCUT2D eigenvalue weighted by Gasteiger charge is -2.53. The molecule has 2 aliphatic carbocycles. The van der Waals surface area contributed by atoms with E-state index in [0.717, 1.165) is 11.4 Å². The average Bonchev–Trinajstić information content (AvgIpc) is 2.87. The molecule has 0 spiro atoms. The predicted molar refractivity (Wildman–Crippen MR) is 157 cm³/mol. The Morgan fingerprint density at radius 3 is 1.28 bits per heavy atom. The van der Waals surface area contributed by atoms with Gasteiger partial charge < -0.3 is 10.6 Å². The van der Waals surface area contributed by atoms with E-state index in [4.69, 9.17) is 0 Å². The molecule has 0 aromatic heterocycles. The van der Waals surface area contributed by atoms with Gasteiger partial charge in [0.25, 0.3) is 0 Å². The highest BCUT2D eigenvalue weighted by Crippen LogP contribution is 2.57. The molecule has 36 heavy (non-hydrogen) atoms. The largest absolute Gasteiger partial charge is 0.355 e. The van der Waals surface area contributed by atoms with Crippen molar-refractivity contribution in [3.05, 3.63) is 107 Å². The van der Waals surface area contributed by atoms with Crippen LogP contribution in [0.1, 0.15) is 62.3 Å². The predicted octanol–water partition coefficient (Wildman–Crippen LogP) is 9.60. The third-order valence-corrected chi connectivity index (χ3v) is 9.75. The molecule has 0 saturated heterocycles. The smallest absolute Gasteiger partial charge is 0.0403 e. The van der Waals surface area contributed by atoms with Crippen LogP contribution in [-0.4, -0.2) is 0 Å². The molecule has 4 unspecified atom stereocenters. The molecule has 2 nitrogen and oxygen atoms in total. The lowest BCUT2D eigenvalue weighted by Crippen LogP contribution is -2.46. The molecule has 0 radical (unpaired) electrons. The first kappa shape index (κ1) is 26.1. The third kappa shape index (κ3) is 4.47. The van der Waals surface area contributed by atoms with Crippen LogP contribution in [-0.2, 0) is 0 Å². The molecular weight excluding hydrogens is 436 g/mol. The molecule has 2 heteroatoms. The Balaban J connectivity index is 1.65. The molecular formula is C34H44N2. The second kappa shape index (κ2) is 9.81. The van der Waals surface area contributed by atoms with E-state index < -0.39 is 0 Å². The maximum absolute atomic E-state index is 3.71. The minimum absolute atomic E-state index is 0.0421. The van der Waals surface area contributed by atoms with Crippen molar-refractivity contribution in [1.29, 1.82) is 0 Å². The van der Waals surface area contributed by atoms with E-state index in [1.807, 2.05) is 0 Å². The monoisotopic (exact) mass is 480 g/mol. The molecule has 0 aliphatic heterocycles. The van der Waals surface area contributed by atoms with Gasteiger partial charge in [0.15, 0.2) is 0 Å². The topological polar surface area (TPSA) is 24.1 Å². The first-order valence-corrected chi connectivity index (χ1v) is 13.4. The second-order valence-corrected chi connectivity index (χ2v) is 11.6. The summed E-state index contributed by atoms with van der Waals surface area (Å²) >= 11 is 0. The van der Waals surface area contributed by atoms with Crippen molar-refractivity contribution in [3.63, 3.8) is 0 Å². The molecule has 0 bridgehead atoms. The van der Waals surface area contributed by atoms with Gasteiger partial charge in [0.05, 0.1) is 0 Å². The van der Waals surface area contributed by atoms with Gasteiger partial charge in [0.2, 0.25) is 0 Å². The normalized spacial score (nSPS) is 29.5. The molecule has 0 saturated carbocycles. The van der Waals surface area contributed by atoms with Crippen LogP contribution in [0.4, 0.5) is 11.4 Å². The molecule has 190 valence electrons. The van der Waals surface area contributed by atoms with Crippen molar-refractivity contribution < 1.29 is 0 Å². The molecule has 0 fully saturated rings. The zero-order valence-corrected chi connectivity index (χ0v) is 23.7. The average molecular weight is 481 g/mol. The molecule has 2 aromatic carbocycles. The molecule has 0 heterocycles. The van der Waals surface area contributed by atoms with Crippen LogP contribution in [0.2, 0.25) is 0 Å². The Kier molecular flexibility index (Phi) is 7.10. The van der Waals surface area contributed by atoms with Gasteiger partial charge in [0.1, 0.15) is 0 Å². The Hall–Kier alpha value is -3.00. The highest BCUT2D eigenvalue weighted by molar-refractivity contribution is 5.58. The molecule has 4 atom stereocenters. The lowest BCUT2D eigenvalue weighted by molar-refractivity contribution is 0.0664. The number of rotatable bonds is 6. The van der Waals surface area contributed by atoms with Crippen molar-refractivity contribution in [3.8, 4) is 0 Å². The Labute approximate surface area is 219 Å². The summed E-state index contributed by atoms with van der Waals surface area (Å²) in [7, 11) is 0. The lowest BCUT2D eigenvalue weighted by atomic mass is 9.51. The summed E-state index contributed by atoms with van der Waals surface area (Å²) in [4.78, 5) is 0. The van der Waals surface area contributed by atoms with Gasteiger partial charge in [-0.3, -0.25) is 0 Å². The highest BCUT2D eigenvalue weighted by atomic mass is 14.9. The summed E-state index contributed by atoms with van der Waals surface area (Å²) in [6.07, 6.45) is 5.11. The van der Waals surface area contributed by atoms with Gasteiger partial charge in [-0.1, -0.05) is 83.2 Å². The maximum Gasteiger partial charge on any atom is 0.0403 e. The number of nitrogens with one attached hydrogen (secondary N) is 2. The Morgan fingerprint density at radius 1 is 0.611 bits per heavy atom. The van der Waals surface area contributed by atoms with Gasteiger partial charge in [0, 0.05) is 22.8 Å². The maximum atomic E-state index is 3.71. The van der Waals surface area contributed by atoms with Gasteiger partial charge in [-0.2, -0.15) is 0 Å². The van der Waals surface area contributed by atoms with E-state index >= 15 is 0 Å². The summed E-state index contributed by atoms with van der Waals surface area (Å²) < 4.78 is 0. The van der Waals surface area contributed by atoms with E-state index in [1.165, 1.54) is 33.7 Å². The van der Waals surface area contributed by atoms with E-state index in [0.29, 0.717) is 17.8 Å². The van der Waals surface area contributed by atoms with Crippen molar-refractivity contribution in [2.24, 2.45) is 28.6 Å². The Bertz CT molecular complexity index is 1130. The first-order chi connectivity index (χ1) is 17.0. The quantitative estimate of drug-likeness (QED) is 0.430. The van der Waals surface area contributed by atoms with Crippen molar-refractivity contribution in [2.75, 3.05) is 10.6 Å². The number of hydrogen-bond donors (Lipinski definition) is 2. The summed E-state index contributed by atoms with van der Waals surface area (Å²) in [5.41, 5.74) is 10.5. The number of para-hydroxylation sites is 2. The van der Waals surface area contributed by atoms with Gasteiger partial charge >= 0.3 is 0 Å². The van der Waals surface area contributed by atoms with Gasteiger partial charge in [-0.15, -0.1) is 0 Å². The van der Waals surface area contributed by atoms with Crippen molar-refractivity contribution in [1.82, 2.24) is 0 Å². The molecule has 0 amide bonds. The first-order valence-electron chi connectivity index (χ1n) is 13.4. The van der Waals surface area contributed by atoms with E-state index in [2.05, 4.69) is 146 Å². The summed E-state index contributed by atoms with van der Waals surface area (Å²) in [6.45, 7) is 21.4. The third-order valence-electron chi connectivity index (χ3n) is 9.75. The minimum atomic E-state index is 0.0421. The van der Waals surface area contributed by atoms with E-state index in [1.54, 1.807) is 0 Å². The van der Waals surface area contributed by atoms with Gasteiger partial charge in [-0.05, 0) is 103 Å². The summed E-state index contributed by atoms with van der Waals surface area (Å²) in [6, 6.07) is 21.1. The number of benzene rings is 2. The van der Waals surface area contributed by atoms with Crippen molar-refractivity contribution in [2.45, 2.75) is 62.3 Å². The fourth-order valence-electron chi connectivity index (χ4n) is 6.71. The standard InChI is InChI=1S/C34H44N2/c1-22-20-33(8,26(5)24(3)31(22)35-29-16-12-10-13-17-29)28(7)34(9)21-23(2)32(25(4)27(34)6)36-30-18-14-11-15-19-30/h10-21,26-28,35-36H,1-9H3. The summed E-state index contributed by atoms with van der Waals surface area (Å²) in [5.74, 6) is 1.29. The van der Waals surface area contributed by atoms with Crippen LogP contribution in [0.15, 0.2) is 107 Å². The fraction of sp³-hybridized carbons (Fsp3) is 0.412. The van der Waals surface area contributed by atoms with Crippen LogP contribution < -0.4 is 10.6 Å². The summed E-state index contributed by atoms with van der Waals surface area (Å²) in [5, 5.41) is 7.42. The molecule has 2 aliphatic rings. The van der Waals surface area contributed by atoms with E-state index in [9.17, 15) is 0 Å². The minimum Gasteiger partial charge on any atom is -0.355 e. The van der Waals surface area contributed by atoms with Crippen molar-refractivity contribution >= 4 is 11.4 Å².